The van der Waals surface area contributed by atoms with E-state index in [4.69, 9.17) is 5.73 Å². The van der Waals surface area contributed by atoms with Crippen LogP contribution in [0.3, 0.4) is 0 Å². The van der Waals surface area contributed by atoms with Crippen molar-refractivity contribution in [3.8, 4) is 0 Å². The van der Waals surface area contributed by atoms with Crippen molar-refractivity contribution in [3.63, 3.8) is 0 Å². The lowest BCUT2D eigenvalue weighted by molar-refractivity contribution is -0.127. The molecule has 0 aromatic heterocycles. The van der Waals surface area contributed by atoms with E-state index in [-0.39, 0.29) is 17.9 Å². The Morgan fingerprint density at radius 2 is 2.17 bits per heavy atom. The van der Waals surface area contributed by atoms with Crippen LogP contribution in [0.15, 0.2) is 0 Å². The van der Waals surface area contributed by atoms with Gasteiger partial charge in [0.2, 0.25) is 5.91 Å². The highest BCUT2D eigenvalue weighted by atomic mass is 16.1. The molecule has 2 fully saturated rings. The number of likely N-dealkylation sites (tertiary alicyclic amines) is 1. The van der Waals surface area contributed by atoms with Crippen LogP contribution in [0, 0.1) is 11.8 Å². The van der Waals surface area contributed by atoms with E-state index < -0.39 is 0 Å². The van der Waals surface area contributed by atoms with Crippen LogP contribution in [0.5, 0.6) is 0 Å². The third kappa shape index (κ3) is 3.23. The summed E-state index contributed by atoms with van der Waals surface area (Å²) < 4.78 is 0. The quantitative estimate of drug-likeness (QED) is 0.787. The van der Waals surface area contributed by atoms with Crippen molar-refractivity contribution < 1.29 is 4.79 Å². The molecule has 1 amide bonds. The van der Waals surface area contributed by atoms with Crippen LogP contribution in [0.4, 0.5) is 0 Å². The predicted molar refractivity (Wildman–Crippen MR) is 73.1 cm³/mol. The molecule has 4 nitrogen and oxygen atoms in total. The highest BCUT2D eigenvalue weighted by Crippen LogP contribution is 2.29. The molecule has 4 unspecified atom stereocenters. The lowest BCUT2D eigenvalue weighted by Crippen LogP contribution is -2.45. The SMILES string of the molecule is CC1CCC(N)CC1C(=O)NCC1CCCN1C. The monoisotopic (exact) mass is 253 g/mol. The molecular formula is C14H27N3O. The lowest BCUT2D eigenvalue weighted by atomic mass is 9.77. The van der Waals surface area contributed by atoms with Crippen molar-refractivity contribution in [2.45, 2.75) is 51.1 Å². The number of amides is 1. The average Bonchev–Trinajstić information content (AvgIpc) is 2.75. The van der Waals surface area contributed by atoms with E-state index in [9.17, 15) is 4.79 Å². The van der Waals surface area contributed by atoms with Gasteiger partial charge in [0, 0.05) is 24.5 Å². The van der Waals surface area contributed by atoms with Crippen LogP contribution in [-0.4, -0.2) is 43.0 Å². The molecule has 1 aliphatic heterocycles. The zero-order valence-electron chi connectivity index (χ0n) is 11.7. The minimum atomic E-state index is 0.125. The maximum absolute atomic E-state index is 12.2. The van der Waals surface area contributed by atoms with Gasteiger partial charge in [0.25, 0.3) is 0 Å². The Morgan fingerprint density at radius 1 is 1.39 bits per heavy atom. The van der Waals surface area contributed by atoms with E-state index in [0.29, 0.717) is 12.0 Å². The Hall–Kier alpha value is -0.610. The Balaban J connectivity index is 1.79. The van der Waals surface area contributed by atoms with Crippen LogP contribution in [0.1, 0.15) is 39.0 Å². The standard InChI is InChI=1S/C14H27N3O/c1-10-5-6-11(15)8-13(10)14(18)16-9-12-4-3-7-17(12)2/h10-13H,3-9,15H2,1-2H3,(H,16,18). The lowest BCUT2D eigenvalue weighted by Gasteiger charge is -2.32. The molecule has 1 heterocycles. The number of nitrogens with one attached hydrogen (secondary N) is 1. The van der Waals surface area contributed by atoms with Crippen molar-refractivity contribution in [3.05, 3.63) is 0 Å². The molecule has 0 aromatic carbocycles. The van der Waals surface area contributed by atoms with Crippen LogP contribution < -0.4 is 11.1 Å². The normalized spacial score (nSPS) is 37.7. The summed E-state index contributed by atoms with van der Waals surface area (Å²) in [6.07, 6.45) is 5.46. The smallest absolute Gasteiger partial charge is 0.223 e. The molecule has 4 atom stereocenters. The highest BCUT2D eigenvalue weighted by molar-refractivity contribution is 5.79. The molecule has 0 spiro atoms. The van der Waals surface area contributed by atoms with Crippen molar-refractivity contribution in [1.29, 1.82) is 0 Å². The number of hydrogen-bond donors (Lipinski definition) is 2. The Bertz CT molecular complexity index is 295. The predicted octanol–water partition coefficient (Wildman–Crippen LogP) is 0.960. The molecule has 1 saturated carbocycles. The fraction of sp³-hybridized carbons (Fsp3) is 0.929. The zero-order chi connectivity index (χ0) is 13.1. The second-order valence-electron chi connectivity index (χ2n) is 6.18. The second kappa shape index (κ2) is 6.02. The maximum Gasteiger partial charge on any atom is 0.223 e. The second-order valence-corrected chi connectivity index (χ2v) is 6.18. The van der Waals surface area contributed by atoms with E-state index in [1.807, 2.05) is 0 Å². The van der Waals surface area contributed by atoms with Crippen molar-refractivity contribution in [2.75, 3.05) is 20.1 Å². The average molecular weight is 253 g/mol. The first kappa shape index (κ1) is 13.8. The summed E-state index contributed by atoms with van der Waals surface area (Å²) in [7, 11) is 2.14. The van der Waals surface area contributed by atoms with Gasteiger partial charge in [0.1, 0.15) is 0 Å². The van der Waals surface area contributed by atoms with Gasteiger partial charge in [-0.3, -0.25) is 4.79 Å². The van der Waals surface area contributed by atoms with Gasteiger partial charge in [-0.1, -0.05) is 6.92 Å². The number of hydrogen-bond acceptors (Lipinski definition) is 3. The Morgan fingerprint density at radius 3 is 2.83 bits per heavy atom. The van der Waals surface area contributed by atoms with Gasteiger partial charge in [-0.2, -0.15) is 0 Å². The number of carbonyl (C=O) groups excluding carboxylic acids is 1. The van der Waals surface area contributed by atoms with Crippen molar-refractivity contribution >= 4 is 5.91 Å². The van der Waals surface area contributed by atoms with Gasteiger partial charge in [-0.05, 0) is 51.6 Å². The minimum Gasteiger partial charge on any atom is -0.354 e. The third-order valence-corrected chi connectivity index (χ3v) is 4.76. The summed E-state index contributed by atoms with van der Waals surface area (Å²) in [5.74, 6) is 0.824. The Kier molecular flexibility index (Phi) is 4.62. The molecule has 2 rings (SSSR count). The summed E-state index contributed by atoms with van der Waals surface area (Å²) in [4.78, 5) is 14.6. The van der Waals surface area contributed by atoms with Crippen molar-refractivity contribution in [1.82, 2.24) is 10.2 Å². The fourth-order valence-corrected chi connectivity index (χ4v) is 3.31. The van der Waals surface area contributed by atoms with E-state index in [2.05, 4.69) is 24.2 Å². The summed E-state index contributed by atoms with van der Waals surface area (Å²) in [6, 6.07) is 0.743. The van der Waals surface area contributed by atoms with Crippen LogP contribution >= 0.6 is 0 Å². The Labute approximate surface area is 110 Å². The molecule has 1 saturated heterocycles. The fourth-order valence-electron chi connectivity index (χ4n) is 3.31. The summed E-state index contributed by atoms with van der Waals surface area (Å²) in [6.45, 7) is 4.14. The molecule has 0 aromatic rings. The number of nitrogens with zero attached hydrogens (tertiary/aromatic N) is 1. The number of likely N-dealkylation sites (N-methyl/N-ethyl adjacent to an activating group) is 1. The molecular weight excluding hydrogens is 226 g/mol. The molecule has 18 heavy (non-hydrogen) atoms. The first-order valence-electron chi connectivity index (χ1n) is 7.31. The molecule has 2 aliphatic rings. The third-order valence-electron chi connectivity index (χ3n) is 4.76. The molecule has 1 aliphatic carbocycles. The van der Waals surface area contributed by atoms with E-state index in [1.165, 1.54) is 12.8 Å². The summed E-state index contributed by atoms with van der Waals surface area (Å²) >= 11 is 0. The van der Waals surface area contributed by atoms with Gasteiger partial charge in [-0.15, -0.1) is 0 Å². The van der Waals surface area contributed by atoms with Gasteiger partial charge in [0.05, 0.1) is 0 Å². The topological polar surface area (TPSA) is 58.4 Å². The van der Waals surface area contributed by atoms with Gasteiger partial charge in [-0.25, -0.2) is 0 Å². The molecule has 104 valence electrons. The number of nitrogens with two attached hydrogens (primary N) is 1. The van der Waals surface area contributed by atoms with E-state index in [0.717, 1.165) is 32.4 Å². The minimum absolute atomic E-state index is 0.125. The summed E-state index contributed by atoms with van der Waals surface area (Å²) in [5.41, 5.74) is 5.98. The first-order chi connectivity index (χ1) is 8.58. The maximum atomic E-state index is 12.2. The molecule has 3 N–H and O–H groups in total. The summed E-state index contributed by atoms with van der Waals surface area (Å²) in [5, 5.41) is 3.14. The van der Waals surface area contributed by atoms with Crippen LogP contribution in [0.2, 0.25) is 0 Å². The van der Waals surface area contributed by atoms with Gasteiger partial charge >= 0.3 is 0 Å². The van der Waals surface area contributed by atoms with Gasteiger partial charge < -0.3 is 16.0 Å². The first-order valence-corrected chi connectivity index (χ1v) is 7.31. The van der Waals surface area contributed by atoms with Crippen LogP contribution in [0.25, 0.3) is 0 Å². The largest absolute Gasteiger partial charge is 0.354 e. The molecule has 0 radical (unpaired) electrons. The molecule has 0 bridgehead atoms. The highest BCUT2D eigenvalue weighted by Gasteiger charge is 2.31. The van der Waals surface area contributed by atoms with E-state index in [1.54, 1.807) is 0 Å². The number of carbonyl (C=O) groups is 1. The zero-order valence-corrected chi connectivity index (χ0v) is 11.7. The van der Waals surface area contributed by atoms with Crippen LogP contribution in [-0.2, 0) is 4.79 Å². The number of rotatable bonds is 3. The van der Waals surface area contributed by atoms with Gasteiger partial charge in [0.15, 0.2) is 0 Å². The molecule has 4 heteroatoms. The van der Waals surface area contributed by atoms with Crippen molar-refractivity contribution in [2.24, 2.45) is 17.6 Å². The van der Waals surface area contributed by atoms with E-state index >= 15 is 0 Å².